The summed E-state index contributed by atoms with van der Waals surface area (Å²) in [4.78, 5) is 48.4. The van der Waals surface area contributed by atoms with Crippen LogP contribution < -0.4 is 9.64 Å². The van der Waals surface area contributed by atoms with Gasteiger partial charge in [-0.1, -0.05) is 49.9 Å². The van der Waals surface area contributed by atoms with Crippen LogP contribution in [0.5, 0.6) is 5.75 Å². The highest BCUT2D eigenvalue weighted by atomic mass is 32.1. The van der Waals surface area contributed by atoms with E-state index in [2.05, 4.69) is 13.0 Å². The third-order valence-corrected chi connectivity index (χ3v) is 9.05. The van der Waals surface area contributed by atoms with Crippen molar-refractivity contribution in [1.82, 2.24) is 9.88 Å². The number of amides is 3. The number of thiazole rings is 1. The van der Waals surface area contributed by atoms with E-state index in [1.165, 1.54) is 10.5 Å². The number of imide groups is 1. The van der Waals surface area contributed by atoms with Gasteiger partial charge in [0, 0.05) is 11.6 Å². The molecular weight excluding hydrogens is 534 g/mol. The lowest BCUT2D eigenvalue weighted by molar-refractivity contribution is -0.143. The van der Waals surface area contributed by atoms with Crippen LogP contribution in [0.15, 0.2) is 72.8 Å². The van der Waals surface area contributed by atoms with E-state index in [1.807, 2.05) is 42.5 Å². The van der Waals surface area contributed by atoms with E-state index in [1.54, 1.807) is 40.5 Å². The standard InChI is InChI=1S/C33H33N3O4S/c1-22-13-18-27-29(19-22)41-32(34-27)23-14-16-25(17-15-23)36-30(37)20-28(33(36)39)35(24-9-5-2-3-6-10-24)31(38)21-40-26-11-7-4-8-12-26/h4,7-8,11-19,24,28H,2-3,5-6,9-10,20-21H2,1H3. The van der Waals surface area contributed by atoms with Crippen LogP contribution in [0.25, 0.3) is 20.8 Å². The van der Waals surface area contributed by atoms with Crippen molar-refractivity contribution in [2.75, 3.05) is 11.5 Å². The predicted molar refractivity (Wildman–Crippen MR) is 161 cm³/mol. The van der Waals surface area contributed by atoms with Gasteiger partial charge in [-0.05, 0) is 73.9 Å². The van der Waals surface area contributed by atoms with Gasteiger partial charge in [0.25, 0.3) is 11.8 Å². The summed E-state index contributed by atoms with van der Waals surface area (Å²) in [5.74, 6) is -0.301. The molecule has 41 heavy (non-hydrogen) atoms. The smallest absolute Gasteiger partial charge is 0.261 e. The molecule has 0 N–H and O–H groups in total. The van der Waals surface area contributed by atoms with Crippen molar-refractivity contribution in [3.8, 4) is 16.3 Å². The Kier molecular flexibility index (Phi) is 7.83. The molecule has 3 amide bonds. The second-order valence-corrected chi connectivity index (χ2v) is 11.9. The zero-order valence-electron chi connectivity index (χ0n) is 23.1. The quantitative estimate of drug-likeness (QED) is 0.187. The molecule has 2 fully saturated rings. The maximum absolute atomic E-state index is 13.8. The molecule has 1 saturated carbocycles. The molecule has 210 valence electrons. The normalized spacial score (nSPS) is 18.1. The van der Waals surface area contributed by atoms with E-state index in [-0.39, 0.29) is 36.8 Å². The van der Waals surface area contributed by atoms with Crippen molar-refractivity contribution in [1.29, 1.82) is 0 Å². The van der Waals surface area contributed by atoms with Gasteiger partial charge in [-0.3, -0.25) is 14.4 Å². The Hall–Kier alpha value is -4.04. The minimum atomic E-state index is -0.829. The van der Waals surface area contributed by atoms with E-state index in [9.17, 15) is 14.4 Å². The summed E-state index contributed by atoms with van der Waals surface area (Å²) in [5, 5.41) is 0.887. The van der Waals surface area contributed by atoms with Gasteiger partial charge in [-0.2, -0.15) is 0 Å². The van der Waals surface area contributed by atoms with E-state index in [4.69, 9.17) is 9.72 Å². The van der Waals surface area contributed by atoms with Crippen molar-refractivity contribution in [2.24, 2.45) is 0 Å². The summed E-state index contributed by atoms with van der Waals surface area (Å²) in [5.41, 5.74) is 3.58. The highest BCUT2D eigenvalue weighted by Gasteiger charge is 2.46. The molecule has 3 aromatic carbocycles. The first-order chi connectivity index (χ1) is 20.0. The van der Waals surface area contributed by atoms with Gasteiger partial charge in [0.05, 0.1) is 22.3 Å². The summed E-state index contributed by atoms with van der Waals surface area (Å²) in [6.07, 6.45) is 5.85. The van der Waals surface area contributed by atoms with Crippen LogP contribution in [0.1, 0.15) is 50.5 Å². The van der Waals surface area contributed by atoms with Crippen LogP contribution in [0.2, 0.25) is 0 Å². The zero-order chi connectivity index (χ0) is 28.3. The summed E-state index contributed by atoms with van der Waals surface area (Å²) in [6.45, 7) is 1.89. The average molecular weight is 568 g/mol. The molecule has 2 heterocycles. The molecule has 1 aliphatic heterocycles. The van der Waals surface area contributed by atoms with Gasteiger partial charge in [0.2, 0.25) is 5.91 Å². The molecule has 2 aliphatic rings. The number of fused-ring (bicyclic) bond motifs is 1. The Bertz CT molecular complexity index is 1560. The number of hydrogen-bond donors (Lipinski definition) is 0. The number of aryl methyl sites for hydroxylation is 1. The topological polar surface area (TPSA) is 79.8 Å². The lowest BCUT2D eigenvalue weighted by Gasteiger charge is -2.35. The number of rotatable bonds is 7. The Balaban J connectivity index is 1.23. The second kappa shape index (κ2) is 11.8. The molecule has 0 spiro atoms. The van der Waals surface area contributed by atoms with Crippen LogP contribution in [-0.4, -0.2) is 46.3 Å². The van der Waals surface area contributed by atoms with Crippen LogP contribution in [0.3, 0.4) is 0 Å². The van der Waals surface area contributed by atoms with Crippen molar-refractivity contribution in [3.05, 3.63) is 78.4 Å². The Labute approximate surface area is 243 Å². The largest absolute Gasteiger partial charge is 0.484 e. The van der Waals surface area contributed by atoms with Gasteiger partial charge < -0.3 is 9.64 Å². The number of hydrogen-bond acceptors (Lipinski definition) is 6. The molecule has 1 aromatic heterocycles. The molecule has 4 aromatic rings. The zero-order valence-corrected chi connectivity index (χ0v) is 23.9. The number of para-hydroxylation sites is 1. The van der Waals surface area contributed by atoms with E-state index in [0.29, 0.717) is 11.4 Å². The van der Waals surface area contributed by atoms with E-state index < -0.39 is 6.04 Å². The molecular formula is C33H33N3O4S. The third-order valence-electron chi connectivity index (χ3n) is 7.99. The number of benzene rings is 3. The van der Waals surface area contributed by atoms with Gasteiger partial charge in [-0.15, -0.1) is 11.3 Å². The lowest BCUT2D eigenvalue weighted by Crippen LogP contribution is -2.52. The molecule has 1 aliphatic carbocycles. The lowest BCUT2D eigenvalue weighted by atomic mass is 10.0. The number of anilines is 1. The monoisotopic (exact) mass is 567 g/mol. The predicted octanol–water partition coefficient (Wildman–Crippen LogP) is 6.53. The summed E-state index contributed by atoms with van der Waals surface area (Å²) < 4.78 is 6.90. The first kappa shape index (κ1) is 27.1. The van der Waals surface area contributed by atoms with Crippen molar-refractivity contribution in [2.45, 2.75) is 64.0 Å². The molecule has 1 atom stereocenters. The molecule has 1 saturated heterocycles. The summed E-state index contributed by atoms with van der Waals surface area (Å²) in [7, 11) is 0. The van der Waals surface area contributed by atoms with Gasteiger partial charge >= 0.3 is 0 Å². The van der Waals surface area contributed by atoms with Crippen LogP contribution in [-0.2, 0) is 14.4 Å². The minimum absolute atomic E-state index is 0.0224. The Morgan fingerprint density at radius 3 is 2.44 bits per heavy atom. The second-order valence-electron chi connectivity index (χ2n) is 10.9. The number of aromatic nitrogens is 1. The highest BCUT2D eigenvalue weighted by Crippen LogP contribution is 2.34. The summed E-state index contributed by atoms with van der Waals surface area (Å²) >= 11 is 1.62. The fraction of sp³-hybridized carbons (Fsp3) is 0.333. The van der Waals surface area contributed by atoms with Gasteiger partial charge in [-0.25, -0.2) is 9.88 Å². The Morgan fingerprint density at radius 2 is 1.71 bits per heavy atom. The van der Waals surface area contributed by atoms with E-state index >= 15 is 0 Å². The SMILES string of the molecule is Cc1ccc2nc(-c3ccc(N4C(=O)CC(N(C(=O)COc5ccccc5)C5CCCCCC5)C4=O)cc3)sc2c1. The number of nitrogens with zero attached hydrogens (tertiary/aromatic N) is 3. The average Bonchev–Trinajstić information content (AvgIpc) is 3.40. The van der Waals surface area contributed by atoms with E-state index in [0.717, 1.165) is 59.3 Å². The van der Waals surface area contributed by atoms with Crippen molar-refractivity contribution in [3.63, 3.8) is 0 Å². The first-order valence-corrected chi connectivity index (χ1v) is 15.1. The van der Waals surface area contributed by atoms with Crippen LogP contribution in [0.4, 0.5) is 5.69 Å². The molecule has 7 nitrogen and oxygen atoms in total. The number of carbonyl (C=O) groups excluding carboxylic acids is 3. The van der Waals surface area contributed by atoms with Crippen LogP contribution >= 0.6 is 11.3 Å². The van der Waals surface area contributed by atoms with Gasteiger partial charge in [0.1, 0.15) is 16.8 Å². The molecule has 1 unspecified atom stereocenters. The fourth-order valence-electron chi connectivity index (χ4n) is 5.92. The number of carbonyl (C=O) groups is 3. The Morgan fingerprint density at radius 1 is 0.976 bits per heavy atom. The maximum atomic E-state index is 13.8. The van der Waals surface area contributed by atoms with Crippen molar-refractivity contribution >= 4 is 45.0 Å². The van der Waals surface area contributed by atoms with Crippen molar-refractivity contribution < 1.29 is 19.1 Å². The molecule has 6 rings (SSSR count). The van der Waals surface area contributed by atoms with Gasteiger partial charge in [0.15, 0.2) is 6.61 Å². The molecule has 8 heteroatoms. The summed E-state index contributed by atoms with van der Waals surface area (Å²) in [6, 6.07) is 21.8. The molecule has 0 radical (unpaired) electrons. The highest BCUT2D eigenvalue weighted by molar-refractivity contribution is 7.21. The molecule has 0 bridgehead atoms. The third kappa shape index (κ3) is 5.75. The minimum Gasteiger partial charge on any atom is -0.484 e. The fourth-order valence-corrected chi connectivity index (χ4v) is 6.99. The van der Waals surface area contributed by atoms with Crippen LogP contribution in [0, 0.1) is 6.92 Å². The maximum Gasteiger partial charge on any atom is 0.261 e. The first-order valence-electron chi connectivity index (χ1n) is 14.3. The number of ether oxygens (including phenoxy) is 1.